The molecule has 0 spiro atoms. The molecule has 4 nitrogen and oxygen atoms in total. The first-order chi connectivity index (χ1) is 12.9. The topological polar surface area (TPSA) is 45.6 Å². The van der Waals surface area contributed by atoms with Gasteiger partial charge in [0.2, 0.25) is 0 Å². The summed E-state index contributed by atoms with van der Waals surface area (Å²) in [6, 6.07) is 9.95. The summed E-state index contributed by atoms with van der Waals surface area (Å²) in [5.41, 5.74) is 0.506. The fraction of sp³-hybridized carbons (Fsp3) is 0.450. The van der Waals surface area contributed by atoms with Gasteiger partial charge in [0.1, 0.15) is 11.6 Å². The molecule has 1 aromatic carbocycles. The molecule has 0 saturated carbocycles. The van der Waals surface area contributed by atoms with Crippen LogP contribution < -0.4 is 9.64 Å². The van der Waals surface area contributed by atoms with Gasteiger partial charge < -0.3 is 14.7 Å². The Kier molecular flexibility index (Phi) is 5.89. The number of methoxy groups -OCH3 is 1. The van der Waals surface area contributed by atoms with Crippen LogP contribution in [0.2, 0.25) is 0 Å². The molecule has 0 unspecified atom stereocenters. The van der Waals surface area contributed by atoms with Crippen molar-refractivity contribution < 1.29 is 23.0 Å². The first kappa shape index (κ1) is 19.5. The SMILES string of the molecule is COc1ccc(CC2CCN(c3cc(C(F)(F)F)cc(CO)n3)CC2)cc1. The summed E-state index contributed by atoms with van der Waals surface area (Å²) < 4.78 is 44.4. The quantitative estimate of drug-likeness (QED) is 0.850. The second kappa shape index (κ2) is 8.17. The van der Waals surface area contributed by atoms with Gasteiger partial charge in [0.25, 0.3) is 0 Å². The summed E-state index contributed by atoms with van der Waals surface area (Å²) in [6.45, 7) is 0.796. The number of aliphatic hydroxyl groups excluding tert-OH is 1. The molecule has 1 N–H and O–H groups in total. The summed E-state index contributed by atoms with van der Waals surface area (Å²) in [6.07, 6.45) is -1.74. The van der Waals surface area contributed by atoms with Gasteiger partial charge in [-0.3, -0.25) is 0 Å². The van der Waals surface area contributed by atoms with Crippen molar-refractivity contribution in [3.63, 3.8) is 0 Å². The molecule has 1 aromatic heterocycles. The minimum atomic E-state index is -4.45. The van der Waals surface area contributed by atoms with Crippen LogP contribution in [0.4, 0.5) is 19.0 Å². The summed E-state index contributed by atoms with van der Waals surface area (Å²) in [7, 11) is 1.63. The van der Waals surface area contributed by atoms with E-state index in [1.807, 2.05) is 29.2 Å². The lowest BCUT2D eigenvalue weighted by molar-refractivity contribution is -0.137. The summed E-state index contributed by atoms with van der Waals surface area (Å²) >= 11 is 0. The third-order valence-corrected chi connectivity index (χ3v) is 4.98. The molecular weight excluding hydrogens is 357 g/mol. The van der Waals surface area contributed by atoms with Crippen LogP contribution in [0.25, 0.3) is 0 Å². The minimum absolute atomic E-state index is 0.0418. The Morgan fingerprint density at radius 1 is 1.15 bits per heavy atom. The van der Waals surface area contributed by atoms with Crippen LogP contribution in [-0.4, -0.2) is 30.3 Å². The average molecular weight is 380 g/mol. The molecule has 1 fully saturated rings. The molecule has 0 atom stereocenters. The fourth-order valence-corrected chi connectivity index (χ4v) is 3.44. The Labute approximate surface area is 156 Å². The Bertz CT molecular complexity index is 755. The van der Waals surface area contributed by atoms with Gasteiger partial charge in [-0.05, 0) is 55.0 Å². The largest absolute Gasteiger partial charge is 0.497 e. The number of aromatic nitrogens is 1. The molecule has 0 aliphatic carbocycles. The van der Waals surface area contributed by atoms with Crippen molar-refractivity contribution in [2.75, 3.05) is 25.1 Å². The number of pyridine rings is 1. The number of piperidine rings is 1. The van der Waals surface area contributed by atoms with E-state index in [-0.39, 0.29) is 11.5 Å². The maximum Gasteiger partial charge on any atom is 0.416 e. The van der Waals surface area contributed by atoms with Crippen LogP contribution in [0.1, 0.15) is 29.7 Å². The van der Waals surface area contributed by atoms with Crippen molar-refractivity contribution in [1.29, 1.82) is 0 Å². The third kappa shape index (κ3) is 4.91. The normalized spacial score (nSPS) is 15.8. The molecule has 2 heterocycles. The number of hydrogen-bond acceptors (Lipinski definition) is 4. The fourth-order valence-electron chi connectivity index (χ4n) is 3.44. The molecule has 1 saturated heterocycles. The number of ether oxygens (including phenoxy) is 1. The zero-order chi connectivity index (χ0) is 19.4. The van der Waals surface area contributed by atoms with Gasteiger partial charge in [0.15, 0.2) is 0 Å². The smallest absolute Gasteiger partial charge is 0.416 e. The molecule has 0 amide bonds. The summed E-state index contributed by atoms with van der Waals surface area (Å²) in [5, 5.41) is 9.24. The Hall–Kier alpha value is -2.28. The van der Waals surface area contributed by atoms with Crippen LogP contribution in [0.3, 0.4) is 0 Å². The number of anilines is 1. The second-order valence-corrected chi connectivity index (χ2v) is 6.84. The van der Waals surface area contributed by atoms with E-state index in [2.05, 4.69) is 4.98 Å². The molecule has 0 radical (unpaired) electrons. The number of hydrogen-bond donors (Lipinski definition) is 1. The van der Waals surface area contributed by atoms with E-state index in [1.54, 1.807) is 7.11 Å². The summed E-state index contributed by atoms with van der Waals surface area (Å²) in [5.74, 6) is 1.60. The second-order valence-electron chi connectivity index (χ2n) is 6.84. The highest BCUT2D eigenvalue weighted by atomic mass is 19.4. The molecule has 7 heteroatoms. The Morgan fingerprint density at radius 3 is 2.37 bits per heavy atom. The lowest BCUT2D eigenvalue weighted by Gasteiger charge is -2.33. The van der Waals surface area contributed by atoms with E-state index in [9.17, 15) is 18.3 Å². The Balaban J connectivity index is 1.64. The molecule has 146 valence electrons. The van der Waals surface area contributed by atoms with Gasteiger partial charge in [-0.15, -0.1) is 0 Å². The van der Waals surface area contributed by atoms with Crippen molar-refractivity contribution in [1.82, 2.24) is 4.98 Å². The monoisotopic (exact) mass is 380 g/mol. The lowest BCUT2D eigenvalue weighted by atomic mass is 9.90. The predicted octanol–water partition coefficient (Wildman–Crippen LogP) is 4.06. The van der Waals surface area contributed by atoms with Crippen LogP contribution in [0.5, 0.6) is 5.75 Å². The zero-order valence-corrected chi connectivity index (χ0v) is 15.2. The number of halogens is 3. The zero-order valence-electron chi connectivity index (χ0n) is 15.2. The van der Waals surface area contributed by atoms with E-state index in [0.29, 0.717) is 19.0 Å². The van der Waals surface area contributed by atoms with Crippen LogP contribution >= 0.6 is 0 Å². The molecule has 0 bridgehead atoms. The number of nitrogens with zero attached hydrogens (tertiary/aromatic N) is 2. The van der Waals surface area contributed by atoms with Crippen LogP contribution in [-0.2, 0) is 19.2 Å². The maximum absolute atomic E-state index is 13.1. The molecule has 2 aromatic rings. The lowest BCUT2D eigenvalue weighted by Crippen LogP contribution is -2.35. The highest BCUT2D eigenvalue weighted by molar-refractivity contribution is 5.44. The molecular formula is C20H23F3N2O2. The van der Waals surface area contributed by atoms with Crippen molar-refractivity contribution in [2.45, 2.75) is 32.0 Å². The van der Waals surface area contributed by atoms with Crippen molar-refractivity contribution in [3.05, 3.63) is 53.2 Å². The number of alkyl halides is 3. The maximum atomic E-state index is 13.1. The van der Waals surface area contributed by atoms with Gasteiger partial charge in [-0.25, -0.2) is 4.98 Å². The van der Waals surface area contributed by atoms with Crippen molar-refractivity contribution >= 4 is 5.82 Å². The van der Waals surface area contributed by atoms with Gasteiger partial charge in [-0.1, -0.05) is 12.1 Å². The molecule has 3 rings (SSSR count). The van der Waals surface area contributed by atoms with Gasteiger partial charge in [-0.2, -0.15) is 13.2 Å². The van der Waals surface area contributed by atoms with Gasteiger partial charge in [0, 0.05) is 13.1 Å². The minimum Gasteiger partial charge on any atom is -0.497 e. The van der Waals surface area contributed by atoms with Crippen LogP contribution in [0, 0.1) is 5.92 Å². The number of rotatable bonds is 5. The van der Waals surface area contributed by atoms with Gasteiger partial charge in [0.05, 0.1) is 25.0 Å². The van der Waals surface area contributed by atoms with E-state index in [4.69, 9.17) is 4.74 Å². The highest BCUT2D eigenvalue weighted by Gasteiger charge is 2.32. The predicted molar refractivity (Wildman–Crippen MR) is 96.8 cm³/mol. The number of aliphatic hydroxyl groups is 1. The summed E-state index contributed by atoms with van der Waals surface area (Å²) in [4.78, 5) is 6.05. The standard InChI is InChI=1S/C20H23F3N2O2/c1-27-18-4-2-14(3-5-18)10-15-6-8-25(9-7-15)19-12-16(20(21,22)23)11-17(13-26)24-19/h2-5,11-12,15,26H,6-10,13H2,1H3. The van der Waals surface area contributed by atoms with Crippen LogP contribution in [0.15, 0.2) is 36.4 Å². The Morgan fingerprint density at radius 2 is 1.81 bits per heavy atom. The van der Waals surface area contributed by atoms with Crippen molar-refractivity contribution in [2.24, 2.45) is 5.92 Å². The van der Waals surface area contributed by atoms with E-state index < -0.39 is 18.3 Å². The van der Waals surface area contributed by atoms with E-state index in [0.717, 1.165) is 37.1 Å². The number of benzene rings is 1. The average Bonchev–Trinajstić information content (AvgIpc) is 2.68. The third-order valence-electron chi connectivity index (χ3n) is 4.98. The molecule has 27 heavy (non-hydrogen) atoms. The first-order valence-corrected chi connectivity index (χ1v) is 8.96. The molecule has 1 aliphatic heterocycles. The first-order valence-electron chi connectivity index (χ1n) is 8.96. The van der Waals surface area contributed by atoms with Crippen molar-refractivity contribution in [3.8, 4) is 5.75 Å². The van der Waals surface area contributed by atoms with Gasteiger partial charge >= 0.3 is 6.18 Å². The molecule has 1 aliphatic rings. The van der Waals surface area contributed by atoms with E-state index in [1.165, 1.54) is 5.56 Å². The highest BCUT2D eigenvalue weighted by Crippen LogP contribution is 2.33. The van der Waals surface area contributed by atoms with E-state index >= 15 is 0 Å².